The number of hydrogen-bond donors (Lipinski definition) is 5. The van der Waals surface area contributed by atoms with Gasteiger partial charge in [0, 0.05) is 64.9 Å². The van der Waals surface area contributed by atoms with Crippen LogP contribution in [0.1, 0.15) is 61.5 Å². The van der Waals surface area contributed by atoms with Crippen LogP contribution in [0, 0.1) is 6.92 Å². The summed E-state index contributed by atoms with van der Waals surface area (Å²) in [7, 11) is 1.62. The van der Waals surface area contributed by atoms with Crippen LogP contribution in [0.4, 0.5) is 11.6 Å². The molecule has 2 unspecified atom stereocenters. The highest BCUT2D eigenvalue weighted by atomic mass is 16.5. The normalized spacial score (nSPS) is 14.8. The van der Waals surface area contributed by atoms with Gasteiger partial charge in [-0.1, -0.05) is 24.3 Å². The van der Waals surface area contributed by atoms with Gasteiger partial charge in [0.1, 0.15) is 29.1 Å². The maximum atomic E-state index is 13.9. The first-order valence-electron chi connectivity index (χ1n) is 19.0. The van der Waals surface area contributed by atoms with E-state index in [-0.39, 0.29) is 29.6 Å². The molecule has 2 atom stereocenters. The van der Waals surface area contributed by atoms with Gasteiger partial charge in [0.05, 0.1) is 41.6 Å². The van der Waals surface area contributed by atoms with Crippen molar-refractivity contribution in [2.45, 2.75) is 31.7 Å². The lowest BCUT2D eigenvalue weighted by Gasteiger charge is -2.11. The number of methoxy groups -OCH3 is 1. The molecule has 0 spiro atoms. The first-order valence-corrected chi connectivity index (χ1v) is 19.0. The topological polar surface area (TPSA) is 207 Å². The first-order chi connectivity index (χ1) is 28.8. The third-order valence-corrected chi connectivity index (χ3v) is 10.9. The van der Waals surface area contributed by atoms with Crippen LogP contribution in [0.15, 0.2) is 110 Å². The zero-order valence-electron chi connectivity index (χ0n) is 31.9. The average molecular weight is 781 g/mol. The Labute approximate surface area is 336 Å². The molecule has 290 valence electrons. The quantitative estimate of drug-likeness (QED) is 0.0964. The van der Waals surface area contributed by atoms with Crippen LogP contribution >= 0.6 is 0 Å². The fourth-order valence-electron chi connectivity index (χ4n) is 8.03. The fourth-order valence-corrected chi connectivity index (χ4v) is 8.03. The van der Waals surface area contributed by atoms with Crippen molar-refractivity contribution in [2.75, 3.05) is 18.2 Å². The van der Waals surface area contributed by atoms with Crippen LogP contribution in [0.3, 0.4) is 0 Å². The summed E-state index contributed by atoms with van der Waals surface area (Å²) in [4.78, 5) is 60.9. The van der Waals surface area contributed by atoms with E-state index in [9.17, 15) is 9.59 Å². The third kappa shape index (κ3) is 6.43. The molecule has 0 aliphatic heterocycles. The molecule has 1 fully saturated rings. The monoisotopic (exact) mass is 780 g/mol. The van der Waals surface area contributed by atoms with Crippen molar-refractivity contribution in [1.29, 1.82) is 0 Å². The summed E-state index contributed by atoms with van der Waals surface area (Å²) in [5, 5.41) is 7.70. The second-order valence-corrected chi connectivity index (χ2v) is 14.6. The number of aryl methyl sites for hydroxylation is 1. The van der Waals surface area contributed by atoms with Crippen LogP contribution in [0.2, 0.25) is 0 Å². The van der Waals surface area contributed by atoms with E-state index in [2.05, 4.69) is 46.6 Å². The molecule has 0 saturated heterocycles. The number of nitrogen functional groups attached to an aromatic ring is 1. The second kappa shape index (κ2) is 14.2. The van der Waals surface area contributed by atoms with Crippen LogP contribution in [-0.2, 0) is 6.54 Å². The number of amides is 2. The summed E-state index contributed by atoms with van der Waals surface area (Å²) in [5.74, 6) is 0.540. The van der Waals surface area contributed by atoms with Crippen molar-refractivity contribution in [3.05, 3.63) is 144 Å². The van der Waals surface area contributed by atoms with Gasteiger partial charge in [-0.15, -0.1) is 0 Å². The minimum absolute atomic E-state index is 0.0601. The number of rotatable bonds is 10. The Balaban J connectivity index is 1.00. The van der Waals surface area contributed by atoms with Gasteiger partial charge in [-0.25, -0.2) is 24.9 Å². The SMILES string of the molecule is COc1cccc(CNC(=O)c2c(C)nc3c(C4CC4c4c[nH]c5ncnc(-c6ccc7c(C(=O)Nc8cccnc8)c[nH]c7c6)c45)cc(-c4ccnc(N)n4)cn23)c1. The van der Waals surface area contributed by atoms with Gasteiger partial charge in [0.15, 0.2) is 0 Å². The maximum Gasteiger partial charge on any atom is 0.270 e. The molecule has 2 aromatic carbocycles. The molecule has 10 rings (SSSR count). The second-order valence-electron chi connectivity index (χ2n) is 14.6. The van der Waals surface area contributed by atoms with E-state index in [0.29, 0.717) is 46.3 Å². The Bertz CT molecular complexity index is 3100. The number of hydrogen-bond acceptors (Lipinski definition) is 10. The molecule has 7 heterocycles. The molecule has 1 saturated carbocycles. The number of pyridine rings is 2. The number of fused-ring (bicyclic) bond motifs is 3. The van der Waals surface area contributed by atoms with E-state index in [0.717, 1.165) is 61.9 Å². The Kier molecular flexibility index (Phi) is 8.55. The zero-order chi connectivity index (χ0) is 40.2. The van der Waals surface area contributed by atoms with Crippen molar-refractivity contribution in [2.24, 2.45) is 0 Å². The molecule has 6 N–H and O–H groups in total. The van der Waals surface area contributed by atoms with E-state index >= 15 is 0 Å². The number of carbonyl (C=O) groups excluding carboxylic acids is 2. The van der Waals surface area contributed by atoms with Gasteiger partial charge in [-0.05, 0) is 84.3 Å². The number of ether oxygens (including phenoxy) is 1. The van der Waals surface area contributed by atoms with Crippen LogP contribution in [-0.4, -0.2) is 63.2 Å². The van der Waals surface area contributed by atoms with Crippen molar-refractivity contribution in [3.8, 4) is 28.3 Å². The third-order valence-electron chi connectivity index (χ3n) is 10.9. The van der Waals surface area contributed by atoms with Gasteiger partial charge >= 0.3 is 0 Å². The highest BCUT2D eigenvalue weighted by Gasteiger charge is 2.43. The van der Waals surface area contributed by atoms with Crippen LogP contribution in [0.5, 0.6) is 5.75 Å². The standard InChI is InChI=1S/C44H36N12O3/c1-23-39(43(58)50-17-24-5-3-7-28(13-24)59-2)56-21-26(35-10-12-47-44(45)55-35)14-32(41(56)53-23)30-16-31(30)33-19-49-40-37(33)38(51-22-52-40)25-8-9-29-34(20-48-36(29)15-25)42(57)54-27-6-4-11-46-18-27/h3-15,18-22,30-31,48H,16-17H2,1-2H3,(H,50,58)(H,54,57)(H2,45,47,55)(H,49,51,52). The molecule has 15 nitrogen and oxygen atoms in total. The molecule has 0 bridgehead atoms. The smallest absolute Gasteiger partial charge is 0.270 e. The van der Waals surface area contributed by atoms with Crippen molar-refractivity contribution in [3.63, 3.8) is 0 Å². The molecule has 1 aliphatic rings. The molecular formula is C44H36N12O3. The Morgan fingerprint density at radius 3 is 2.66 bits per heavy atom. The highest BCUT2D eigenvalue weighted by Crippen LogP contribution is 2.58. The lowest BCUT2D eigenvalue weighted by atomic mass is 9.99. The van der Waals surface area contributed by atoms with Crippen LogP contribution in [0.25, 0.3) is 50.1 Å². The van der Waals surface area contributed by atoms with E-state index in [4.69, 9.17) is 20.4 Å². The number of nitrogens with two attached hydrogens (primary N) is 1. The Morgan fingerprint density at radius 1 is 0.915 bits per heavy atom. The number of carbonyl (C=O) groups is 2. The molecule has 7 aromatic heterocycles. The molecular weight excluding hydrogens is 745 g/mol. The summed E-state index contributed by atoms with van der Waals surface area (Å²) in [6.45, 7) is 2.16. The number of imidazole rings is 1. The summed E-state index contributed by atoms with van der Waals surface area (Å²) < 4.78 is 7.24. The molecule has 59 heavy (non-hydrogen) atoms. The van der Waals surface area contributed by atoms with E-state index < -0.39 is 0 Å². The number of H-pyrrole nitrogens is 2. The van der Waals surface area contributed by atoms with Crippen molar-refractivity contribution >= 4 is 51.0 Å². The fraction of sp³-hybridized carbons (Fsp3) is 0.136. The molecule has 15 heteroatoms. The Morgan fingerprint density at radius 2 is 1.81 bits per heavy atom. The number of aromatic amines is 2. The zero-order valence-corrected chi connectivity index (χ0v) is 31.9. The highest BCUT2D eigenvalue weighted by molar-refractivity contribution is 6.13. The molecule has 2 amide bonds. The molecule has 1 aliphatic carbocycles. The minimum atomic E-state index is -0.255. The lowest BCUT2D eigenvalue weighted by Crippen LogP contribution is -2.25. The van der Waals surface area contributed by atoms with Gasteiger partial charge < -0.3 is 31.1 Å². The first kappa shape index (κ1) is 35.5. The summed E-state index contributed by atoms with van der Waals surface area (Å²) in [6.07, 6.45) is 12.9. The van der Waals surface area contributed by atoms with Crippen LogP contribution < -0.4 is 21.1 Å². The van der Waals surface area contributed by atoms with Gasteiger partial charge in [-0.2, -0.15) is 0 Å². The number of nitrogens with one attached hydrogen (secondary N) is 4. The van der Waals surface area contributed by atoms with Crippen molar-refractivity contribution < 1.29 is 14.3 Å². The van der Waals surface area contributed by atoms with Gasteiger partial charge in [0.25, 0.3) is 11.8 Å². The van der Waals surface area contributed by atoms with E-state index in [1.165, 1.54) is 0 Å². The summed E-state index contributed by atoms with van der Waals surface area (Å²) in [6, 6.07) is 21.0. The molecule has 0 radical (unpaired) electrons. The van der Waals surface area contributed by atoms with Gasteiger partial charge in [-0.3, -0.25) is 19.0 Å². The lowest BCUT2D eigenvalue weighted by molar-refractivity contribution is 0.0943. The molecule has 9 aromatic rings. The maximum absolute atomic E-state index is 13.9. The van der Waals surface area contributed by atoms with Gasteiger partial charge in [0.2, 0.25) is 5.95 Å². The largest absolute Gasteiger partial charge is 0.497 e. The number of anilines is 2. The summed E-state index contributed by atoms with van der Waals surface area (Å²) in [5.41, 5.74) is 16.5. The number of benzene rings is 2. The average Bonchev–Trinajstić information content (AvgIpc) is 3.54. The van der Waals surface area contributed by atoms with E-state index in [1.54, 1.807) is 56.4 Å². The van der Waals surface area contributed by atoms with E-state index in [1.807, 2.05) is 66.2 Å². The number of aromatic nitrogens is 9. The number of nitrogens with zero attached hydrogens (tertiary/aromatic N) is 7. The predicted octanol–water partition coefficient (Wildman–Crippen LogP) is 6.96. The van der Waals surface area contributed by atoms with Crippen molar-refractivity contribution in [1.82, 2.24) is 49.6 Å². The summed E-state index contributed by atoms with van der Waals surface area (Å²) >= 11 is 0. The predicted molar refractivity (Wildman–Crippen MR) is 223 cm³/mol. The minimum Gasteiger partial charge on any atom is -0.497 e. The Hall–Kier alpha value is -7.94.